The molecule has 1 aliphatic heterocycles. The molecular formula is C19H17BN2O2S. The van der Waals surface area contributed by atoms with Crippen LogP contribution in [0.15, 0.2) is 47.3 Å². The molecule has 0 fully saturated rings. The summed E-state index contributed by atoms with van der Waals surface area (Å²) in [6.45, 7) is 0. The highest BCUT2D eigenvalue weighted by Gasteiger charge is 2.16. The number of aromatic amines is 1. The molecule has 0 spiro atoms. The molecule has 1 aromatic heterocycles. The van der Waals surface area contributed by atoms with E-state index in [0.29, 0.717) is 11.6 Å². The van der Waals surface area contributed by atoms with Crippen LogP contribution in [-0.2, 0) is 12.2 Å². The number of benzene rings is 2. The van der Waals surface area contributed by atoms with E-state index in [-0.39, 0.29) is 5.56 Å². The van der Waals surface area contributed by atoms with Gasteiger partial charge in [0.15, 0.2) is 0 Å². The van der Waals surface area contributed by atoms with E-state index in [1.54, 1.807) is 17.8 Å². The number of nitrogens with one attached hydrogen (secondary N) is 1. The smallest absolute Gasteiger partial charge is 0.255 e. The first kappa shape index (κ1) is 16.0. The zero-order valence-electron chi connectivity index (χ0n) is 13.9. The monoisotopic (exact) mass is 348 g/mol. The highest BCUT2D eigenvalue weighted by atomic mass is 32.2. The molecule has 2 heterocycles. The highest BCUT2D eigenvalue weighted by molar-refractivity contribution is 7.98. The lowest BCUT2D eigenvalue weighted by atomic mass is 9.92. The fourth-order valence-electron chi connectivity index (χ4n) is 2.99. The van der Waals surface area contributed by atoms with Gasteiger partial charge >= 0.3 is 0 Å². The number of phenols is 1. The Labute approximate surface area is 150 Å². The van der Waals surface area contributed by atoms with Gasteiger partial charge in [0.2, 0.25) is 0 Å². The fourth-order valence-corrected chi connectivity index (χ4v) is 3.97. The molecule has 25 heavy (non-hydrogen) atoms. The van der Waals surface area contributed by atoms with E-state index >= 15 is 0 Å². The van der Waals surface area contributed by atoms with Crippen molar-refractivity contribution in [1.82, 2.24) is 9.97 Å². The summed E-state index contributed by atoms with van der Waals surface area (Å²) in [5, 5.41) is 9.89. The third-order valence-electron chi connectivity index (χ3n) is 4.53. The summed E-state index contributed by atoms with van der Waals surface area (Å²) in [4.78, 5) is 19.9. The molecule has 4 rings (SSSR count). The Morgan fingerprint density at radius 1 is 1.08 bits per heavy atom. The lowest BCUT2D eigenvalue weighted by Crippen LogP contribution is -2.21. The molecule has 0 saturated carbocycles. The molecule has 4 nitrogen and oxygen atoms in total. The first-order chi connectivity index (χ1) is 12.1. The van der Waals surface area contributed by atoms with Crippen LogP contribution in [0.1, 0.15) is 11.3 Å². The van der Waals surface area contributed by atoms with E-state index in [9.17, 15) is 9.90 Å². The van der Waals surface area contributed by atoms with E-state index in [1.807, 2.05) is 44.2 Å². The maximum Gasteiger partial charge on any atom is 0.255 e. The normalized spacial score (nSPS) is 13.4. The highest BCUT2D eigenvalue weighted by Crippen LogP contribution is 2.26. The summed E-state index contributed by atoms with van der Waals surface area (Å²) in [7, 11) is 1.87. The number of H-pyrrole nitrogens is 1. The SMILES string of the molecule is Bc1ccc(-c2ccc(-c3nc4c(c(=O)[nH]3)CSCC4)cc2)cc1O. The van der Waals surface area contributed by atoms with E-state index in [4.69, 9.17) is 0 Å². The van der Waals surface area contributed by atoms with Crippen LogP contribution in [0.3, 0.4) is 0 Å². The van der Waals surface area contributed by atoms with Gasteiger partial charge in [0.25, 0.3) is 5.56 Å². The number of aromatic nitrogens is 2. The summed E-state index contributed by atoms with van der Waals surface area (Å²) in [5.41, 5.74) is 5.42. The average molecular weight is 348 g/mol. The second-order valence-electron chi connectivity index (χ2n) is 6.22. The van der Waals surface area contributed by atoms with Crippen LogP contribution in [0.25, 0.3) is 22.5 Å². The van der Waals surface area contributed by atoms with Crippen molar-refractivity contribution in [2.45, 2.75) is 12.2 Å². The van der Waals surface area contributed by atoms with E-state index in [1.165, 1.54) is 0 Å². The Kier molecular flexibility index (Phi) is 4.13. The minimum atomic E-state index is -0.0280. The molecule has 0 atom stereocenters. The third-order valence-corrected chi connectivity index (χ3v) is 5.52. The molecule has 2 aromatic carbocycles. The second-order valence-corrected chi connectivity index (χ2v) is 7.33. The summed E-state index contributed by atoms with van der Waals surface area (Å²) < 4.78 is 0. The van der Waals surface area contributed by atoms with Gasteiger partial charge in [-0.2, -0.15) is 11.8 Å². The van der Waals surface area contributed by atoms with Crippen LogP contribution < -0.4 is 11.0 Å². The number of aromatic hydroxyl groups is 1. The number of aryl methyl sites for hydroxylation is 1. The van der Waals surface area contributed by atoms with E-state index in [0.717, 1.165) is 51.3 Å². The van der Waals surface area contributed by atoms with Crippen molar-refractivity contribution in [3.8, 4) is 28.3 Å². The number of hydrogen-bond acceptors (Lipinski definition) is 4. The Hall–Kier alpha value is -2.47. The van der Waals surface area contributed by atoms with Gasteiger partial charge in [0.05, 0.1) is 5.69 Å². The number of fused-ring (bicyclic) bond motifs is 1. The summed E-state index contributed by atoms with van der Waals surface area (Å²) in [6.07, 6.45) is 0.845. The van der Waals surface area contributed by atoms with Crippen molar-refractivity contribution in [2.24, 2.45) is 0 Å². The number of rotatable bonds is 2. The predicted molar refractivity (Wildman–Crippen MR) is 105 cm³/mol. The number of thioether (sulfide) groups is 1. The second kappa shape index (κ2) is 6.45. The molecule has 0 saturated heterocycles. The molecule has 0 aliphatic carbocycles. The molecular weight excluding hydrogens is 331 g/mol. The molecule has 0 bridgehead atoms. The summed E-state index contributed by atoms with van der Waals surface area (Å²) in [6, 6.07) is 13.5. The first-order valence-corrected chi connectivity index (χ1v) is 9.37. The van der Waals surface area contributed by atoms with Gasteiger partial charge in [0.1, 0.15) is 19.4 Å². The Balaban J connectivity index is 1.69. The number of nitrogens with zero attached hydrogens (tertiary/aromatic N) is 1. The van der Waals surface area contributed by atoms with Crippen molar-refractivity contribution >= 4 is 25.1 Å². The molecule has 124 valence electrons. The van der Waals surface area contributed by atoms with Crippen molar-refractivity contribution in [3.63, 3.8) is 0 Å². The summed E-state index contributed by atoms with van der Waals surface area (Å²) in [5.74, 6) is 2.67. The maximum atomic E-state index is 12.3. The van der Waals surface area contributed by atoms with Gasteiger partial charge in [-0.3, -0.25) is 4.79 Å². The van der Waals surface area contributed by atoms with Crippen LogP contribution in [0.5, 0.6) is 5.75 Å². The third kappa shape index (κ3) is 3.09. The van der Waals surface area contributed by atoms with Crippen molar-refractivity contribution in [1.29, 1.82) is 0 Å². The molecule has 2 N–H and O–H groups in total. The predicted octanol–water partition coefficient (Wildman–Crippen LogP) is 1.86. The van der Waals surface area contributed by atoms with Gasteiger partial charge < -0.3 is 10.1 Å². The van der Waals surface area contributed by atoms with E-state index in [2.05, 4.69) is 9.97 Å². The molecule has 6 heteroatoms. The minimum absolute atomic E-state index is 0.0280. The Bertz CT molecular complexity index is 999. The van der Waals surface area contributed by atoms with Gasteiger partial charge in [-0.15, -0.1) is 0 Å². The van der Waals surface area contributed by atoms with Gasteiger partial charge in [-0.25, -0.2) is 4.98 Å². The minimum Gasteiger partial charge on any atom is -0.509 e. The first-order valence-electron chi connectivity index (χ1n) is 8.22. The van der Waals surface area contributed by atoms with Gasteiger partial charge in [-0.05, 0) is 34.8 Å². The maximum absolute atomic E-state index is 12.3. The van der Waals surface area contributed by atoms with Crippen molar-refractivity contribution < 1.29 is 5.11 Å². The van der Waals surface area contributed by atoms with Crippen LogP contribution in [0.4, 0.5) is 0 Å². The van der Waals surface area contributed by atoms with Gasteiger partial charge in [0, 0.05) is 16.9 Å². The Morgan fingerprint density at radius 3 is 2.56 bits per heavy atom. The fraction of sp³-hybridized carbons (Fsp3) is 0.158. The molecule has 1 aliphatic rings. The molecule has 3 aromatic rings. The average Bonchev–Trinajstić information content (AvgIpc) is 2.64. The largest absolute Gasteiger partial charge is 0.509 e. The topological polar surface area (TPSA) is 66.0 Å². The van der Waals surface area contributed by atoms with Crippen molar-refractivity contribution in [2.75, 3.05) is 5.75 Å². The van der Waals surface area contributed by atoms with Crippen LogP contribution in [-0.4, -0.2) is 28.7 Å². The Morgan fingerprint density at radius 2 is 1.80 bits per heavy atom. The molecule has 0 amide bonds. The van der Waals surface area contributed by atoms with Crippen LogP contribution in [0.2, 0.25) is 0 Å². The summed E-state index contributed by atoms with van der Waals surface area (Å²) >= 11 is 1.77. The zero-order chi connectivity index (χ0) is 17.4. The standard InChI is InChI=1S/C19H17BN2O2S/c20-15-6-5-13(9-17(15)23)11-1-3-12(4-2-11)18-21-16-7-8-25-10-14(16)19(24)22-18/h1-6,9,23H,7-8,10,20H2,(H,21,22,24). The zero-order valence-corrected chi connectivity index (χ0v) is 14.7. The van der Waals surface area contributed by atoms with Crippen LogP contribution in [0, 0.1) is 0 Å². The number of phenolic OH excluding ortho intramolecular Hbond substituents is 1. The quantitative estimate of drug-likeness (QED) is 0.694. The number of hydrogen-bond donors (Lipinski definition) is 2. The lowest BCUT2D eigenvalue weighted by molar-refractivity contribution is 0.480. The van der Waals surface area contributed by atoms with Crippen LogP contribution >= 0.6 is 11.8 Å². The van der Waals surface area contributed by atoms with Crippen molar-refractivity contribution in [3.05, 3.63) is 64.1 Å². The van der Waals surface area contributed by atoms with E-state index < -0.39 is 0 Å². The molecule has 0 unspecified atom stereocenters. The molecule has 0 radical (unpaired) electrons. The lowest BCUT2D eigenvalue weighted by Gasteiger charge is -2.14. The van der Waals surface area contributed by atoms with Gasteiger partial charge in [-0.1, -0.05) is 36.4 Å².